The van der Waals surface area contributed by atoms with Gasteiger partial charge in [0.05, 0.1) is 5.60 Å². The summed E-state index contributed by atoms with van der Waals surface area (Å²) in [7, 11) is 3.53. The van der Waals surface area contributed by atoms with Gasteiger partial charge in [-0.25, -0.2) is 9.18 Å². The van der Waals surface area contributed by atoms with E-state index >= 15 is 0 Å². The van der Waals surface area contributed by atoms with Crippen molar-refractivity contribution in [3.63, 3.8) is 0 Å². The lowest BCUT2D eigenvalue weighted by Crippen LogP contribution is -2.53. The summed E-state index contributed by atoms with van der Waals surface area (Å²) >= 11 is 0. The first-order valence-electron chi connectivity index (χ1n) is 13.2. The number of urea groups is 1. The summed E-state index contributed by atoms with van der Waals surface area (Å²) in [6.45, 7) is 6.20. The number of methoxy groups -OCH3 is 1. The van der Waals surface area contributed by atoms with Crippen LogP contribution in [0.4, 0.5) is 9.18 Å². The maximum Gasteiger partial charge on any atom is 0.317 e. The lowest BCUT2D eigenvalue weighted by molar-refractivity contribution is -0.0574. The Labute approximate surface area is 220 Å². The topological polar surface area (TPSA) is 83.1 Å². The second-order valence-electron chi connectivity index (χ2n) is 10.1. The molecule has 2 aromatic carbocycles. The van der Waals surface area contributed by atoms with Crippen LogP contribution in [0.3, 0.4) is 0 Å². The number of rotatable bonds is 12. The van der Waals surface area contributed by atoms with Gasteiger partial charge in [-0.1, -0.05) is 24.3 Å². The molecule has 7 nitrogen and oxygen atoms in total. The Bertz CT molecular complexity index is 1020. The largest absolute Gasteiger partial charge is 0.457 e. The molecule has 0 aliphatic carbocycles. The van der Waals surface area contributed by atoms with Crippen LogP contribution in [-0.2, 0) is 10.3 Å². The molecule has 0 radical (unpaired) electrons. The van der Waals surface area contributed by atoms with E-state index in [1.165, 1.54) is 12.1 Å². The van der Waals surface area contributed by atoms with Gasteiger partial charge in [-0.3, -0.25) is 0 Å². The number of ether oxygens (including phenoxy) is 2. The van der Waals surface area contributed by atoms with Crippen LogP contribution in [0.25, 0.3) is 0 Å². The molecule has 0 aromatic heterocycles. The first-order valence-corrected chi connectivity index (χ1v) is 13.2. The number of nitrogens with one attached hydrogen (secondary N) is 2. The number of carbonyl (C=O) groups excluding carboxylic acids is 1. The van der Waals surface area contributed by atoms with Crippen LogP contribution in [0.2, 0.25) is 0 Å². The summed E-state index contributed by atoms with van der Waals surface area (Å²) in [5.74, 6) is 0.342. The number of aliphatic hydroxyl groups is 1. The molecule has 0 saturated carbocycles. The van der Waals surface area contributed by atoms with Crippen molar-refractivity contribution >= 4 is 6.03 Å². The summed E-state index contributed by atoms with van der Waals surface area (Å²) in [6.07, 6.45) is 3.63. The van der Waals surface area contributed by atoms with E-state index in [0.717, 1.165) is 31.2 Å². The number of benzene rings is 2. The number of likely N-dealkylation sites (tertiary alicyclic amines) is 1. The number of halogens is 1. The number of para-hydroxylation sites is 1. The van der Waals surface area contributed by atoms with Crippen LogP contribution in [0.15, 0.2) is 42.5 Å². The molecule has 0 bridgehead atoms. The van der Waals surface area contributed by atoms with Crippen molar-refractivity contribution in [2.45, 2.75) is 57.6 Å². The maximum absolute atomic E-state index is 14.0. The summed E-state index contributed by atoms with van der Waals surface area (Å²) < 4.78 is 25.4. The van der Waals surface area contributed by atoms with Crippen molar-refractivity contribution in [2.24, 2.45) is 5.92 Å². The monoisotopic (exact) mass is 515 g/mol. The Hall–Kier alpha value is -2.68. The van der Waals surface area contributed by atoms with E-state index in [1.807, 2.05) is 45.2 Å². The van der Waals surface area contributed by atoms with Gasteiger partial charge in [0.25, 0.3) is 0 Å². The highest BCUT2D eigenvalue weighted by Gasteiger charge is 2.43. The second-order valence-corrected chi connectivity index (χ2v) is 10.1. The molecule has 3 N–H and O–H groups in total. The van der Waals surface area contributed by atoms with Crippen molar-refractivity contribution < 1.29 is 23.8 Å². The molecule has 1 fully saturated rings. The minimum absolute atomic E-state index is 0.00515. The SMILES string of the molecule is CNCC(C)NC(=O)N1CCC[C@@H]([C@@](O)(CCCCOC)c2ccccc2Oc2cc(F)ccc2C)C1. The minimum atomic E-state index is -1.24. The van der Waals surface area contributed by atoms with Crippen LogP contribution < -0.4 is 15.4 Å². The molecule has 37 heavy (non-hydrogen) atoms. The molecular weight excluding hydrogens is 473 g/mol. The summed E-state index contributed by atoms with van der Waals surface area (Å²) in [6, 6.07) is 11.7. The average molecular weight is 516 g/mol. The lowest BCUT2D eigenvalue weighted by atomic mass is 9.73. The highest BCUT2D eigenvalue weighted by atomic mass is 19.1. The smallest absolute Gasteiger partial charge is 0.317 e. The van der Waals surface area contributed by atoms with Gasteiger partial charge in [0.2, 0.25) is 0 Å². The standard InChI is InChI=1S/C29H42FN3O4/c1-21-13-14-24(30)18-27(21)37-26-12-6-5-11-25(26)29(35,15-7-8-17-36-4)23-10-9-16-33(20-23)28(34)32-22(2)19-31-3/h5-6,11-14,18,22-23,31,35H,7-10,15-17,19-20H2,1-4H3,(H,32,34)/t22?,23-,29+/m1/s1. The number of carbonyl (C=O) groups is 1. The molecule has 2 amide bonds. The van der Waals surface area contributed by atoms with E-state index in [2.05, 4.69) is 10.6 Å². The molecule has 1 heterocycles. The normalized spacial score (nSPS) is 18.2. The van der Waals surface area contributed by atoms with E-state index in [9.17, 15) is 14.3 Å². The molecule has 3 atom stereocenters. The van der Waals surface area contributed by atoms with E-state index < -0.39 is 5.60 Å². The number of amides is 2. The van der Waals surface area contributed by atoms with Gasteiger partial charge < -0.3 is 30.1 Å². The summed E-state index contributed by atoms with van der Waals surface area (Å²) in [4.78, 5) is 14.8. The number of nitrogens with zero attached hydrogens (tertiary/aromatic N) is 1. The third-order valence-electron chi connectivity index (χ3n) is 7.14. The van der Waals surface area contributed by atoms with E-state index in [-0.39, 0.29) is 23.8 Å². The minimum Gasteiger partial charge on any atom is -0.457 e. The zero-order chi connectivity index (χ0) is 26.8. The molecular formula is C29H42FN3O4. The third kappa shape index (κ3) is 7.66. The van der Waals surface area contributed by atoms with Gasteiger partial charge in [-0.2, -0.15) is 0 Å². The quantitative estimate of drug-likeness (QED) is 0.348. The summed E-state index contributed by atoms with van der Waals surface area (Å²) in [5.41, 5.74) is 0.226. The number of unbranched alkanes of at least 4 members (excludes halogenated alkanes) is 1. The van der Waals surface area contributed by atoms with Crippen LogP contribution >= 0.6 is 0 Å². The fourth-order valence-corrected chi connectivity index (χ4v) is 5.13. The van der Waals surface area contributed by atoms with Gasteiger partial charge >= 0.3 is 6.03 Å². The zero-order valence-corrected chi connectivity index (χ0v) is 22.6. The predicted octanol–water partition coefficient (Wildman–Crippen LogP) is 4.96. The Morgan fingerprint density at radius 2 is 2.03 bits per heavy atom. The molecule has 8 heteroatoms. The van der Waals surface area contributed by atoms with Crippen molar-refractivity contribution in [3.05, 3.63) is 59.4 Å². The van der Waals surface area contributed by atoms with Crippen LogP contribution in [0.5, 0.6) is 11.5 Å². The number of aryl methyl sites for hydroxylation is 1. The number of hydrogen-bond acceptors (Lipinski definition) is 5. The van der Waals surface area contributed by atoms with Gasteiger partial charge in [0.15, 0.2) is 0 Å². The Kier molecular flexibility index (Phi) is 10.7. The van der Waals surface area contributed by atoms with Gasteiger partial charge in [0.1, 0.15) is 17.3 Å². The Morgan fingerprint density at radius 3 is 2.78 bits per heavy atom. The lowest BCUT2D eigenvalue weighted by Gasteiger charge is -2.43. The highest BCUT2D eigenvalue weighted by molar-refractivity contribution is 5.74. The molecule has 204 valence electrons. The van der Waals surface area contributed by atoms with E-state index in [0.29, 0.717) is 49.7 Å². The molecule has 1 unspecified atom stereocenters. The van der Waals surface area contributed by atoms with Crippen molar-refractivity contribution in [1.29, 1.82) is 0 Å². The first kappa shape index (κ1) is 28.9. The van der Waals surface area contributed by atoms with Gasteiger partial charge in [-0.05, 0) is 70.7 Å². The number of hydrogen-bond donors (Lipinski definition) is 3. The second kappa shape index (κ2) is 13.7. The molecule has 3 rings (SSSR count). The third-order valence-corrected chi connectivity index (χ3v) is 7.14. The van der Waals surface area contributed by atoms with Crippen LogP contribution in [0, 0.1) is 18.7 Å². The van der Waals surface area contributed by atoms with Crippen molar-refractivity contribution in [3.8, 4) is 11.5 Å². The van der Waals surface area contributed by atoms with Gasteiger partial charge in [0, 0.05) is 56.9 Å². The van der Waals surface area contributed by atoms with E-state index in [1.54, 1.807) is 18.1 Å². The predicted molar refractivity (Wildman–Crippen MR) is 143 cm³/mol. The maximum atomic E-state index is 14.0. The number of likely N-dealkylation sites (N-methyl/N-ethyl adjacent to an activating group) is 1. The Morgan fingerprint density at radius 1 is 1.24 bits per heavy atom. The van der Waals surface area contributed by atoms with Crippen LogP contribution in [0.1, 0.15) is 50.2 Å². The van der Waals surface area contributed by atoms with E-state index in [4.69, 9.17) is 9.47 Å². The molecule has 0 spiro atoms. The fraction of sp³-hybridized carbons (Fsp3) is 0.552. The molecule has 2 aromatic rings. The fourth-order valence-electron chi connectivity index (χ4n) is 5.13. The van der Waals surface area contributed by atoms with Crippen LogP contribution in [-0.4, -0.2) is 62.5 Å². The summed E-state index contributed by atoms with van der Waals surface area (Å²) in [5, 5.41) is 18.5. The average Bonchev–Trinajstić information content (AvgIpc) is 2.89. The molecule has 1 aliphatic heterocycles. The molecule has 1 aliphatic rings. The Balaban J connectivity index is 1.91. The first-order chi connectivity index (χ1) is 17.8. The van der Waals surface area contributed by atoms with Crippen molar-refractivity contribution in [1.82, 2.24) is 15.5 Å². The molecule has 1 saturated heterocycles. The number of piperidine rings is 1. The van der Waals surface area contributed by atoms with Crippen molar-refractivity contribution in [2.75, 3.05) is 40.4 Å². The zero-order valence-electron chi connectivity index (χ0n) is 22.6. The van der Waals surface area contributed by atoms with Gasteiger partial charge in [-0.15, -0.1) is 0 Å². The highest BCUT2D eigenvalue weighted by Crippen LogP contribution is 2.44.